The van der Waals surface area contributed by atoms with Crippen molar-refractivity contribution in [3.63, 3.8) is 0 Å². The van der Waals surface area contributed by atoms with Gasteiger partial charge in [0.25, 0.3) is 0 Å². The Kier molecular flexibility index (Phi) is 10.1. The molecular weight excluding hydrogens is 560 g/mol. The highest BCUT2D eigenvalue weighted by Gasteiger charge is 2.31. The molecule has 1 N–H and O–H groups in total. The summed E-state index contributed by atoms with van der Waals surface area (Å²) in [6.45, 7) is 8.98. The minimum atomic E-state index is -0.342. The first-order chi connectivity index (χ1) is 22.0. The molecule has 0 unspecified atom stereocenters. The Morgan fingerprint density at radius 2 is 1.56 bits per heavy atom. The molecule has 1 aliphatic carbocycles. The van der Waals surface area contributed by atoms with Gasteiger partial charge in [0.1, 0.15) is 6.10 Å². The fraction of sp³-hybridized carbons (Fsp3) is 0.432. The lowest BCUT2D eigenvalue weighted by atomic mass is 9.94. The number of carbonyl (C=O) groups excluding carboxylic acids is 1. The topological polar surface area (TPSA) is 75.5 Å². The number of aryl methyl sites for hydroxylation is 2. The van der Waals surface area contributed by atoms with Gasteiger partial charge >= 0.3 is 6.09 Å². The number of hydrogen-bond donors (Lipinski definition) is 1. The number of nitrogens with one attached hydrogen (secondary N) is 1. The minimum absolute atomic E-state index is 0.000801. The van der Waals surface area contributed by atoms with Crippen molar-refractivity contribution < 1.29 is 9.53 Å². The second kappa shape index (κ2) is 14.7. The zero-order valence-electron chi connectivity index (χ0n) is 26.6. The van der Waals surface area contributed by atoms with Crippen LogP contribution in [0.25, 0.3) is 0 Å². The molecule has 8 nitrogen and oxygen atoms in total. The van der Waals surface area contributed by atoms with E-state index >= 15 is 0 Å². The molecule has 0 spiro atoms. The van der Waals surface area contributed by atoms with Gasteiger partial charge in [-0.15, -0.1) is 5.10 Å². The zero-order chi connectivity index (χ0) is 31.0. The average molecular weight is 607 g/mol. The molecule has 8 heteroatoms. The highest BCUT2D eigenvalue weighted by atomic mass is 16.6. The SMILES string of the molecule is Cc1ccc(C)c(N2CCN(Cc3cnnn3[C@@H](Cc3ccccc3)[C@H](Cc3ccccc3)NC(=O)OC3CCCC3)CC2)c1. The Morgan fingerprint density at radius 1 is 0.889 bits per heavy atom. The van der Waals surface area contributed by atoms with Gasteiger partial charge in [-0.3, -0.25) is 4.90 Å². The van der Waals surface area contributed by atoms with Crippen LogP contribution in [-0.4, -0.2) is 64.3 Å². The van der Waals surface area contributed by atoms with Crippen molar-refractivity contribution >= 4 is 11.8 Å². The molecule has 3 aromatic carbocycles. The Bertz CT molecular complexity index is 1510. The smallest absolute Gasteiger partial charge is 0.407 e. The van der Waals surface area contributed by atoms with Gasteiger partial charge in [-0.05, 0) is 80.7 Å². The quantitative estimate of drug-likeness (QED) is 0.217. The standard InChI is InChI=1S/C37H46N6O2/c1-28-17-18-29(2)35(23-28)42-21-19-41(20-22-42)27-32-26-38-40-43(32)36(25-31-13-7-4-8-14-31)34(24-30-11-5-3-6-12-30)39-37(44)45-33-15-9-10-16-33/h3-8,11-14,17-18,23,26,33-34,36H,9-10,15-16,19-22,24-25,27H2,1-2H3,(H,39,44)/t34-,36-/m0/s1. The lowest BCUT2D eigenvalue weighted by Gasteiger charge is -2.37. The van der Waals surface area contributed by atoms with Crippen molar-refractivity contribution in [3.8, 4) is 0 Å². The summed E-state index contributed by atoms with van der Waals surface area (Å²) < 4.78 is 7.97. The Labute approximate surface area is 267 Å². The normalized spacial score (nSPS) is 17.2. The molecule has 236 valence electrons. The van der Waals surface area contributed by atoms with E-state index < -0.39 is 0 Å². The molecule has 4 aromatic rings. The number of benzene rings is 3. The molecule has 0 radical (unpaired) electrons. The van der Waals surface area contributed by atoms with Gasteiger partial charge in [0.05, 0.1) is 24.0 Å². The van der Waals surface area contributed by atoms with E-state index in [1.54, 1.807) is 0 Å². The highest BCUT2D eigenvalue weighted by molar-refractivity contribution is 5.68. The number of ether oxygens (including phenoxy) is 1. The first-order valence-electron chi connectivity index (χ1n) is 16.5. The van der Waals surface area contributed by atoms with Crippen molar-refractivity contribution in [1.82, 2.24) is 25.2 Å². The first kappa shape index (κ1) is 30.8. The number of anilines is 1. The average Bonchev–Trinajstić information content (AvgIpc) is 3.74. The predicted molar refractivity (Wildman–Crippen MR) is 178 cm³/mol. The van der Waals surface area contributed by atoms with Crippen LogP contribution < -0.4 is 10.2 Å². The van der Waals surface area contributed by atoms with E-state index in [4.69, 9.17) is 4.74 Å². The summed E-state index contributed by atoms with van der Waals surface area (Å²) in [5, 5.41) is 12.4. The Hall–Kier alpha value is -4.17. The van der Waals surface area contributed by atoms with E-state index in [0.29, 0.717) is 12.8 Å². The van der Waals surface area contributed by atoms with E-state index in [9.17, 15) is 4.79 Å². The maximum Gasteiger partial charge on any atom is 0.407 e. The van der Waals surface area contributed by atoms with Gasteiger partial charge in [0.2, 0.25) is 0 Å². The van der Waals surface area contributed by atoms with Gasteiger partial charge < -0.3 is 15.0 Å². The predicted octanol–water partition coefficient (Wildman–Crippen LogP) is 6.28. The van der Waals surface area contributed by atoms with Gasteiger partial charge in [-0.2, -0.15) is 0 Å². The van der Waals surface area contributed by atoms with Gasteiger partial charge in [-0.25, -0.2) is 9.48 Å². The molecule has 2 atom stereocenters. The minimum Gasteiger partial charge on any atom is -0.446 e. The summed E-state index contributed by atoms with van der Waals surface area (Å²) in [7, 11) is 0. The summed E-state index contributed by atoms with van der Waals surface area (Å²) in [5.74, 6) is 0. The number of piperazine rings is 1. The molecule has 1 saturated heterocycles. The van der Waals surface area contributed by atoms with Gasteiger partial charge in [-0.1, -0.05) is 78.0 Å². The Balaban J connectivity index is 1.23. The van der Waals surface area contributed by atoms with Gasteiger partial charge in [0, 0.05) is 38.4 Å². The Morgan fingerprint density at radius 3 is 2.24 bits per heavy atom. The van der Waals surface area contributed by atoms with Crippen LogP contribution in [0.4, 0.5) is 10.5 Å². The summed E-state index contributed by atoms with van der Waals surface area (Å²) in [5.41, 5.74) is 7.36. The van der Waals surface area contributed by atoms with Gasteiger partial charge in [0.15, 0.2) is 0 Å². The fourth-order valence-electron chi connectivity index (χ4n) is 6.84. The van der Waals surface area contributed by atoms with Crippen molar-refractivity contribution in [1.29, 1.82) is 0 Å². The van der Waals surface area contributed by atoms with Crippen LogP contribution in [0.3, 0.4) is 0 Å². The third kappa shape index (κ3) is 8.11. The van der Waals surface area contributed by atoms with E-state index in [0.717, 1.165) is 69.7 Å². The molecule has 1 amide bonds. The van der Waals surface area contributed by atoms with Crippen LogP contribution in [0.1, 0.15) is 59.7 Å². The second-order valence-corrected chi connectivity index (χ2v) is 12.7. The van der Waals surface area contributed by atoms with Crippen LogP contribution in [0.5, 0.6) is 0 Å². The van der Waals surface area contributed by atoms with Crippen molar-refractivity contribution in [2.45, 2.75) is 77.1 Å². The largest absolute Gasteiger partial charge is 0.446 e. The van der Waals surface area contributed by atoms with Crippen LogP contribution >= 0.6 is 0 Å². The second-order valence-electron chi connectivity index (χ2n) is 12.7. The van der Waals surface area contributed by atoms with Crippen molar-refractivity contribution in [2.75, 3.05) is 31.1 Å². The number of alkyl carbamates (subject to hydrolysis) is 1. The van der Waals surface area contributed by atoms with E-state index in [1.165, 1.54) is 22.4 Å². The third-order valence-electron chi connectivity index (χ3n) is 9.36. The maximum absolute atomic E-state index is 13.3. The maximum atomic E-state index is 13.3. The number of nitrogens with zero attached hydrogens (tertiary/aromatic N) is 5. The van der Waals surface area contributed by atoms with E-state index in [1.807, 2.05) is 30.5 Å². The highest BCUT2D eigenvalue weighted by Crippen LogP contribution is 2.27. The number of hydrogen-bond acceptors (Lipinski definition) is 6. The van der Waals surface area contributed by atoms with Crippen LogP contribution in [0.2, 0.25) is 0 Å². The summed E-state index contributed by atoms with van der Waals surface area (Å²) in [6.07, 6.45) is 7.02. The molecule has 2 fully saturated rings. The number of amides is 1. The fourth-order valence-corrected chi connectivity index (χ4v) is 6.84. The molecule has 2 aliphatic rings. The van der Waals surface area contributed by atoms with Crippen molar-refractivity contribution in [3.05, 3.63) is 113 Å². The monoisotopic (exact) mass is 606 g/mol. The lowest BCUT2D eigenvalue weighted by Crippen LogP contribution is -2.47. The summed E-state index contributed by atoms with van der Waals surface area (Å²) in [6, 6.07) is 27.1. The molecule has 1 aliphatic heterocycles. The van der Waals surface area contributed by atoms with Crippen molar-refractivity contribution in [2.24, 2.45) is 0 Å². The number of carbonyl (C=O) groups is 1. The zero-order valence-corrected chi connectivity index (χ0v) is 26.6. The molecule has 6 rings (SSSR count). The first-order valence-corrected chi connectivity index (χ1v) is 16.5. The summed E-state index contributed by atoms with van der Waals surface area (Å²) in [4.78, 5) is 18.3. The molecule has 45 heavy (non-hydrogen) atoms. The van der Waals surface area contributed by atoms with Crippen LogP contribution in [0, 0.1) is 13.8 Å². The third-order valence-corrected chi connectivity index (χ3v) is 9.36. The van der Waals surface area contributed by atoms with E-state index in [-0.39, 0.29) is 24.3 Å². The molecule has 2 heterocycles. The molecule has 0 bridgehead atoms. The molecular formula is C37H46N6O2. The number of rotatable bonds is 11. The summed E-state index contributed by atoms with van der Waals surface area (Å²) >= 11 is 0. The molecule has 1 saturated carbocycles. The number of aromatic nitrogens is 3. The van der Waals surface area contributed by atoms with Crippen LogP contribution in [-0.2, 0) is 24.1 Å². The van der Waals surface area contributed by atoms with E-state index in [2.05, 4.69) is 98.6 Å². The molecule has 1 aromatic heterocycles. The van der Waals surface area contributed by atoms with Crippen LogP contribution in [0.15, 0.2) is 85.1 Å². The lowest BCUT2D eigenvalue weighted by molar-refractivity contribution is 0.0943.